The highest BCUT2D eigenvalue weighted by Crippen LogP contribution is 2.40. The molecule has 0 aliphatic carbocycles. The Bertz CT molecular complexity index is 767. The van der Waals surface area contributed by atoms with Crippen LogP contribution >= 0.6 is 11.3 Å². The van der Waals surface area contributed by atoms with Gasteiger partial charge in [0.15, 0.2) is 0 Å². The minimum atomic E-state index is -4.53. The Balaban J connectivity index is 2.14. The van der Waals surface area contributed by atoms with Crippen LogP contribution in [0.2, 0.25) is 0 Å². The fraction of sp³-hybridized carbons (Fsp3) is 0.467. The number of thiophene rings is 1. The standard InChI is InChI=1S/C15H16F3N3O2S/c1-19-14(23)9-7-24-13-10(15(16,17)18)6-11(20-12(9)13)21-4-2-8(22)3-5-21/h6-8,22H,2-5H2,1H3,(H,19,23). The van der Waals surface area contributed by atoms with E-state index in [1.54, 1.807) is 4.90 Å². The van der Waals surface area contributed by atoms with Crippen molar-refractivity contribution in [1.82, 2.24) is 10.3 Å². The molecule has 0 atom stereocenters. The maximum Gasteiger partial charge on any atom is 0.417 e. The second kappa shape index (κ2) is 6.21. The summed E-state index contributed by atoms with van der Waals surface area (Å²) in [7, 11) is 1.42. The summed E-state index contributed by atoms with van der Waals surface area (Å²) in [4.78, 5) is 17.9. The number of carbonyl (C=O) groups is 1. The number of aliphatic hydroxyl groups is 1. The fourth-order valence-electron chi connectivity index (χ4n) is 2.76. The molecule has 130 valence electrons. The van der Waals surface area contributed by atoms with Crippen LogP contribution in [0.15, 0.2) is 11.4 Å². The summed E-state index contributed by atoms with van der Waals surface area (Å²) in [6, 6.07) is 1.03. The third-order valence-electron chi connectivity index (χ3n) is 4.07. The molecule has 2 aromatic rings. The second-order valence-corrected chi connectivity index (χ2v) is 6.53. The molecule has 9 heteroatoms. The molecule has 2 N–H and O–H groups in total. The third kappa shape index (κ3) is 3.05. The Morgan fingerprint density at radius 2 is 2.08 bits per heavy atom. The molecule has 1 amide bonds. The predicted molar refractivity (Wildman–Crippen MR) is 85.5 cm³/mol. The first-order chi connectivity index (χ1) is 11.3. The molecule has 3 heterocycles. The summed E-state index contributed by atoms with van der Waals surface area (Å²) in [6.07, 6.45) is -4.01. The molecule has 0 radical (unpaired) electrons. The normalized spacial score (nSPS) is 16.6. The summed E-state index contributed by atoms with van der Waals surface area (Å²) in [5, 5.41) is 13.4. The maximum absolute atomic E-state index is 13.4. The Hall–Kier alpha value is -1.87. The number of alkyl halides is 3. The minimum absolute atomic E-state index is 0.0399. The van der Waals surface area contributed by atoms with Crippen LogP contribution in [0.4, 0.5) is 19.0 Å². The van der Waals surface area contributed by atoms with Gasteiger partial charge in [-0.15, -0.1) is 11.3 Å². The van der Waals surface area contributed by atoms with Gasteiger partial charge in [0, 0.05) is 25.5 Å². The number of anilines is 1. The van der Waals surface area contributed by atoms with Gasteiger partial charge in [-0.1, -0.05) is 0 Å². The lowest BCUT2D eigenvalue weighted by molar-refractivity contribution is -0.136. The van der Waals surface area contributed by atoms with Crippen molar-refractivity contribution in [3.05, 3.63) is 22.6 Å². The molecular weight excluding hydrogens is 343 g/mol. The second-order valence-electron chi connectivity index (χ2n) is 5.65. The van der Waals surface area contributed by atoms with E-state index in [1.165, 1.54) is 12.4 Å². The summed E-state index contributed by atoms with van der Waals surface area (Å²) >= 11 is 0.865. The van der Waals surface area contributed by atoms with E-state index in [2.05, 4.69) is 10.3 Å². The van der Waals surface area contributed by atoms with Gasteiger partial charge < -0.3 is 15.3 Å². The van der Waals surface area contributed by atoms with Crippen LogP contribution in [-0.4, -0.2) is 42.2 Å². The number of aromatic nitrogens is 1. The van der Waals surface area contributed by atoms with E-state index >= 15 is 0 Å². The van der Waals surface area contributed by atoms with E-state index in [9.17, 15) is 23.1 Å². The van der Waals surface area contributed by atoms with Gasteiger partial charge in [-0.2, -0.15) is 13.2 Å². The largest absolute Gasteiger partial charge is 0.417 e. The number of hydrogen-bond donors (Lipinski definition) is 2. The van der Waals surface area contributed by atoms with Gasteiger partial charge >= 0.3 is 6.18 Å². The van der Waals surface area contributed by atoms with Crippen molar-refractivity contribution in [2.24, 2.45) is 0 Å². The number of nitrogens with zero attached hydrogens (tertiary/aromatic N) is 2. The van der Waals surface area contributed by atoms with Crippen LogP contribution < -0.4 is 10.2 Å². The molecule has 0 unspecified atom stereocenters. The lowest BCUT2D eigenvalue weighted by Crippen LogP contribution is -2.36. The number of piperidine rings is 1. The van der Waals surface area contributed by atoms with Crippen LogP contribution in [0.1, 0.15) is 28.8 Å². The van der Waals surface area contributed by atoms with Gasteiger partial charge in [-0.3, -0.25) is 4.79 Å². The van der Waals surface area contributed by atoms with E-state index in [0.717, 1.165) is 17.4 Å². The molecule has 0 aromatic carbocycles. The number of aliphatic hydroxyl groups excluding tert-OH is 1. The Morgan fingerprint density at radius 1 is 1.42 bits per heavy atom. The first-order valence-electron chi connectivity index (χ1n) is 7.45. The number of rotatable bonds is 2. The molecule has 0 bridgehead atoms. The predicted octanol–water partition coefficient (Wildman–Crippen LogP) is 2.64. The van der Waals surface area contributed by atoms with Gasteiger partial charge in [0.25, 0.3) is 5.91 Å². The molecule has 1 saturated heterocycles. The van der Waals surface area contributed by atoms with Crippen LogP contribution in [0.25, 0.3) is 10.2 Å². The number of halogens is 3. The zero-order valence-electron chi connectivity index (χ0n) is 12.9. The SMILES string of the molecule is CNC(=O)c1csc2c(C(F)(F)F)cc(N3CCC(O)CC3)nc12. The number of pyridine rings is 1. The number of amides is 1. The highest BCUT2D eigenvalue weighted by Gasteiger charge is 2.36. The van der Waals surface area contributed by atoms with E-state index in [1.807, 2.05) is 0 Å². The molecule has 3 rings (SSSR count). The van der Waals surface area contributed by atoms with Gasteiger partial charge in [0.2, 0.25) is 0 Å². The number of nitrogens with one attached hydrogen (secondary N) is 1. The van der Waals surface area contributed by atoms with Gasteiger partial charge in [-0.05, 0) is 18.9 Å². The maximum atomic E-state index is 13.4. The van der Waals surface area contributed by atoms with Crippen molar-refractivity contribution in [3.63, 3.8) is 0 Å². The highest BCUT2D eigenvalue weighted by molar-refractivity contribution is 7.17. The quantitative estimate of drug-likeness (QED) is 0.865. The zero-order valence-corrected chi connectivity index (χ0v) is 13.7. The fourth-order valence-corrected chi connectivity index (χ4v) is 3.78. The van der Waals surface area contributed by atoms with Crippen LogP contribution in [0.3, 0.4) is 0 Å². The topological polar surface area (TPSA) is 65.5 Å². The van der Waals surface area contributed by atoms with Crippen molar-refractivity contribution in [2.45, 2.75) is 25.1 Å². The first kappa shape index (κ1) is 17.0. The summed E-state index contributed by atoms with van der Waals surface area (Å²) in [6.45, 7) is 0.854. The molecule has 1 fully saturated rings. The monoisotopic (exact) mass is 359 g/mol. The van der Waals surface area contributed by atoms with Crippen LogP contribution in [-0.2, 0) is 6.18 Å². The average Bonchev–Trinajstić information content (AvgIpc) is 2.96. The van der Waals surface area contributed by atoms with E-state index in [4.69, 9.17) is 0 Å². The lowest BCUT2D eigenvalue weighted by Gasteiger charge is -2.31. The average molecular weight is 359 g/mol. The van der Waals surface area contributed by atoms with Gasteiger partial charge in [0.1, 0.15) is 5.82 Å². The molecule has 2 aromatic heterocycles. The smallest absolute Gasteiger partial charge is 0.393 e. The molecule has 5 nitrogen and oxygen atoms in total. The highest BCUT2D eigenvalue weighted by atomic mass is 32.1. The zero-order chi connectivity index (χ0) is 17.5. The van der Waals surface area contributed by atoms with Crippen molar-refractivity contribution < 1.29 is 23.1 Å². The van der Waals surface area contributed by atoms with E-state index < -0.39 is 23.8 Å². The van der Waals surface area contributed by atoms with Crippen LogP contribution in [0, 0.1) is 0 Å². The lowest BCUT2D eigenvalue weighted by atomic mass is 10.1. The number of hydrogen-bond acceptors (Lipinski definition) is 5. The third-order valence-corrected chi connectivity index (χ3v) is 5.08. The minimum Gasteiger partial charge on any atom is -0.393 e. The number of fused-ring (bicyclic) bond motifs is 1. The molecule has 0 saturated carbocycles. The van der Waals surface area contributed by atoms with E-state index in [-0.39, 0.29) is 21.6 Å². The molecular formula is C15H16F3N3O2S. The molecule has 1 aliphatic heterocycles. The van der Waals surface area contributed by atoms with Crippen LogP contribution in [0.5, 0.6) is 0 Å². The summed E-state index contributed by atoms with van der Waals surface area (Å²) in [5.74, 6) is -0.279. The van der Waals surface area contributed by atoms with Crippen molar-refractivity contribution in [1.29, 1.82) is 0 Å². The van der Waals surface area contributed by atoms with Crippen molar-refractivity contribution in [2.75, 3.05) is 25.0 Å². The Labute approximate surface area is 140 Å². The molecule has 1 aliphatic rings. The molecule has 0 spiro atoms. The van der Waals surface area contributed by atoms with Gasteiger partial charge in [-0.25, -0.2) is 4.98 Å². The Kier molecular flexibility index (Phi) is 4.39. The Morgan fingerprint density at radius 3 is 2.67 bits per heavy atom. The summed E-state index contributed by atoms with van der Waals surface area (Å²) in [5.41, 5.74) is -0.578. The van der Waals surface area contributed by atoms with Crippen molar-refractivity contribution in [3.8, 4) is 0 Å². The van der Waals surface area contributed by atoms with Crippen molar-refractivity contribution >= 4 is 33.3 Å². The first-order valence-corrected chi connectivity index (χ1v) is 8.33. The van der Waals surface area contributed by atoms with Gasteiger partial charge in [0.05, 0.1) is 27.4 Å². The summed E-state index contributed by atoms with van der Waals surface area (Å²) < 4.78 is 40.3. The number of carbonyl (C=O) groups excluding carboxylic acids is 1. The van der Waals surface area contributed by atoms with E-state index in [0.29, 0.717) is 25.9 Å². The molecule has 24 heavy (non-hydrogen) atoms.